The molecule has 3 atom stereocenters. The van der Waals surface area contributed by atoms with E-state index < -0.39 is 6.04 Å². The van der Waals surface area contributed by atoms with E-state index >= 15 is 0 Å². The van der Waals surface area contributed by atoms with E-state index in [9.17, 15) is 9.90 Å². The van der Waals surface area contributed by atoms with Crippen LogP contribution in [0.25, 0.3) is 0 Å². The number of carbonyl (C=O) groups is 1. The fraction of sp³-hybridized carbons (Fsp3) is 0.567. The molecule has 2 aromatic rings. The lowest BCUT2D eigenvalue weighted by molar-refractivity contribution is -0.181. The zero-order valence-corrected chi connectivity index (χ0v) is 22.4. The number of hydrogen-bond acceptors (Lipinski definition) is 6. The molecular weight excluding hydrogens is 464 g/mol. The van der Waals surface area contributed by atoms with Gasteiger partial charge in [-0.1, -0.05) is 68.7 Å². The summed E-state index contributed by atoms with van der Waals surface area (Å²) in [5.74, 6) is -0.108. The van der Waals surface area contributed by atoms with Crippen LogP contribution in [-0.2, 0) is 21.7 Å². The Morgan fingerprint density at radius 1 is 1.16 bits per heavy atom. The number of rotatable bonds is 11. The molecule has 0 unspecified atom stereocenters. The highest BCUT2D eigenvalue weighted by Crippen LogP contribution is 2.36. The average Bonchev–Trinajstić information content (AvgIpc) is 3.29. The Kier molecular flexibility index (Phi) is 9.60. The standard InChI is InChI=1S/C30H44N4O3/c1-3-26-27(22-35)37-34(21-23-12-10-13-24(20-23)30(31)16-8-5-9-17-30)28(26)29(36)32-18-11-19-33(2)25-14-6-4-7-15-25/h4,6-7,10,12-15,20,26-28,35H,3,5,8-9,11,16-19,21-22,31H2,1-2H3,(H,32,36)/t26-,27+,28+/m1/s1. The highest BCUT2D eigenvalue weighted by molar-refractivity contribution is 5.82. The number of amides is 1. The molecule has 1 saturated heterocycles. The summed E-state index contributed by atoms with van der Waals surface area (Å²) in [6.07, 6.45) is 6.80. The number of carbonyl (C=O) groups excluding carboxylic acids is 1. The monoisotopic (exact) mass is 508 g/mol. The van der Waals surface area contributed by atoms with Crippen LogP contribution in [0.4, 0.5) is 5.69 Å². The summed E-state index contributed by atoms with van der Waals surface area (Å²) in [6.45, 7) is 3.86. The third-order valence-electron chi connectivity index (χ3n) is 8.14. The largest absolute Gasteiger partial charge is 0.394 e. The number of para-hydroxylation sites is 1. The fourth-order valence-electron chi connectivity index (χ4n) is 5.92. The van der Waals surface area contributed by atoms with Gasteiger partial charge in [-0.05, 0) is 48.9 Å². The van der Waals surface area contributed by atoms with Crippen LogP contribution in [-0.4, -0.2) is 55.0 Å². The molecule has 37 heavy (non-hydrogen) atoms. The van der Waals surface area contributed by atoms with Crippen LogP contribution in [0.15, 0.2) is 54.6 Å². The maximum absolute atomic E-state index is 13.4. The minimum absolute atomic E-state index is 0.0381. The van der Waals surface area contributed by atoms with Gasteiger partial charge in [-0.3, -0.25) is 9.63 Å². The number of aliphatic hydroxyl groups excluding tert-OH is 1. The summed E-state index contributed by atoms with van der Waals surface area (Å²) in [7, 11) is 2.07. The molecule has 2 fully saturated rings. The van der Waals surface area contributed by atoms with Gasteiger partial charge in [0.05, 0.1) is 13.2 Å². The molecule has 0 bridgehead atoms. The first-order valence-electron chi connectivity index (χ1n) is 13.9. The molecule has 4 N–H and O–H groups in total. The van der Waals surface area contributed by atoms with Crippen molar-refractivity contribution in [3.8, 4) is 0 Å². The number of nitrogens with one attached hydrogen (secondary N) is 1. The van der Waals surface area contributed by atoms with E-state index in [0.717, 1.165) is 61.9 Å². The van der Waals surface area contributed by atoms with Gasteiger partial charge in [0.2, 0.25) is 5.91 Å². The highest BCUT2D eigenvalue weighted by atomic mass is 16.7. The Balaban J connectivity index is 1.39. The third kappa shape index (κ3) is 6.71. The summed E-state index contributed by atoms with van der Waals surface area (Å²) < 4.78 is 0. The van der Waals surface area contributed by atoms with Crippen LogP contribution < -0.4 is 16.0 Å². The van der Waals surface area contributed by atoms with Crippen LogP contribution in [0.2, 0.25) is 0 Å². The second-order valence-electron chi connectivity index (χ2n) is 10.7. The van der Waals surface area contributed by atoms with Crippen LogP contribution in [0.5, 0.6) is 0 Å². The molecule has 0 spiro atoms. The smallest absolute Gasteiger partial charge is 0.240 e. The topological polar surface area (TPSA) is 91.1 Å². The molecule has 1 saturated carbocycles. The predicted molar refractivity (Wildman–Crippen MR) is 148 cm³/mol. The number of benzene rings is 2. The quantitative estimate of drug-likeness (QED) is 0.398. The normalized spacial score (nSPS) is 23.6. The summed E-state index contributed by atoms with van der Waals surface area (Å²) in [5, 5.41) is 14.9. The summed E-state index contributed by atoms with van der Waals surface area (Å²) >= 11 is 0. The van der Waals surface area contributed by atoms with E-state index in [-0.39, 0.29) is 30.1 Å². The zero-order valence-electron chi connectivity index (χ0n) is 22.4. The lowest BCUT2D eigenvalue weighted by Gasteiger charge is -2.34. The van der Waals surface area contributed by atoms with Gasteiger partial charge in [0.1, 0.15) is 12.1 Å². The van der Waals surface area contributed by atoms with E-state index in [0.29, 0.717) is 13.1 Å². The van der Waals surface area contributed by atoms with E-state index in [2.05, 4.69) is 60.6 Å². The Morgan fingerprint density at radius 3 is 2.62 bits per heavy atom. The number of aliphatic hydroxyl groups is 1. The van der Waals surface area contributed by atoms with Gasteiger partial charge in [-0.2, -0.15) is 5.06 Å². The maximum Gasteiger partial charge on any atom is 0.240 e. The number of hydroxylamine groups is 2. The van der Waals surface area contributed by atoms with Gasteiger partial charge in [-0.25, -0.2) is 0 Å². The van der Waals surface area contributed by atoms with Gasteiger partial charge in [0.25, 0.3) is 0 Å². The fourth-order valence-corrected chi connectivity index (χ4v) is 5.92. The SMILES string of the molecule is CC[C@@H]1[C@H](CO)ON(Cc2cccc(C3(N)CCCCC3)c2)[C@@H]1C(=O)NCCCN(C)c1ccccc1. The molecule has 2 aliphatic rings. The molecule has 1 heterocycles. The molecule has 1 aliphatic heterocycles. The molecular formula is C30H44N4O3. The summed E-state index contributed by atoms with van der Waals surface area (Å²) in [4.78, 5) is 21.7. The second kappa shape index (κ2) is 12.9. The van der Waals surface area contributed by atoms with E-state index in [1.54, 1.807) is 5.06 Å². The van der Waals surface area contributed by atoms with Crippen molar-refractivity contribution in [2.75, 3.05) is 31.6 Å². The predicted octanol–water partition coefficient (Wildman–Crippen LogP) is 3.95. The Morgan fingerprint density at radius 2 is 1.92 bits per heavy atom. The number of hydrogen-bond donors (Lipinski definition) is 3. The van der Waals surface area contributed by atoms with Crippen molar-refractivity contribution in [2.24, 2.45) is 11.7 Å². The number of anilines is 1. The molecule has 0 aromatic heterocycles. The average molecular weight is 509 g/mol. The highest BCUT2D eigenvalue weighted by Gasteiger charge is 2.46. The van der Waals surface area contributed by atoms with Crippen molar-refractivity contribution in [3.05, 3.63) is 65.7 Å². The molecule has 0 radical (unpaired) electrons. The van der Waals surface area contributed by atoms with Crippen molar-refractivity contribution in [3.63, 3.8) is 0 Å². The summed E-state index contributed by atoms with van der Waals surface area (Å²) in [5.41, 5.74) is 9.93. The molecule has 7 nitrogen and oxygen atoms in total. The van der Waals surface area contributed by atoms with Crippen molar-refractivity contribution in [1.29, 1.82) is 0 Å². The molecule has 1 aliphatic carbocycles. The first kappa shape index (κ1) is 27.6. The molecule has 202 valence electrons. The summed E-state index contributed by atoms with van der Waals surface area (Å²) in [6, 6.07) is 18.2. The molecule has 2 aromatic carbocycles. The van der Waals surface area contributed by atoms with Gasteiger partial charge in [0, 0.05) is 37.3 Å². The molecule has 7 heteroatoms. The van der Waals surface area contributed by atoms with Crippen LogP contribution in [0.3, 0.4) is 0 Å². The number of nitrogens with zero attached hydrogens (tertiary/aromatic N) is 2. The van der Waals surface area contributed by atoms with Crippen molar-refractivity contribution < 1.29 is 14.7 Å². The first-order chi connectivity index (χ1) is 17.9. The second-order valence-corrected chi connectivity index (χ2v) is 10.7. The number of nitrogens with two attached hydrogens (primary N) is 1. The van der Waals surface area contributed by atoms with E-state index in [4.69, 9.17) is 10.6 Å². The zero-order chi connectivity index (χ0) is 26.3. The molecule has 1 amide bonds. The van der Waals surface area contributed by atoms with Crippen molar-refractivity contribution in [2.45, 2.75) is 76.1 Å². The van der Waals surface area contributed by atoms with Gasteiger partial charge in [0.15, 0.2) is 0 Å². The minimum Gasteiger partial charge on any atom is -0.394 e. The van der Waals surface area contributed by atoms with Gasteiger partial charge < -0.3 is 21.1 Å². The van der Waals surface area contributed by atoms with Crippen molar-refractivity contribution in [1.82, 2.24) is 10.4 Å². The van der Waals surface area contributed by atoms with Gasteiger partial charge in [-0.15, -0.1) is 0 Å². The Hall–Kier alpha value is -2.45. The molecule has 4 rings (SSSR count). The van der Waals surface area contributed by atoms with Crippen LogP contribution >= 0.6 is 0 Å². The lowest BCUT2D eigenvalue weighted by Crippen LogP contribution is -2.46. The third-order valence-corrected chi connectivity index (χ3v) is 8.14. The van der Waals surface area contributed by atoms with Crippen molar-refractivity contribution >= 4 is 11.6 Å². The van der Waals surface area contributed by atoms with E-state index in [1.807, 2.05) is 18.2 Å². The maximum atomic E-state index is 13.4. The van der Waals surface area contributed by atoms with Crippen LogP contribution in [0, 0.1) is 5.92 Å². The Bertz CT molecular complexity index is 995. The van der Waals surface area contributed by atoms with Gasteiger partial charge >= 0.3 is 0 Å². The first-order valence-corrected chi connectivity index (χ1v) is 13.9. The van der Waals surface area contributed by atoms with E-state index in [1.165, 1.54) is 6.42 Å². The Labute approximate surface area is 221 Å². The lowest BCUT2D eigenvalue weighted by atomic mass is 9.77. The minimum atomic E-state index is -0.445. The van der Waals surface area contributed by atoms with Crippen LogP contribution in [0.1, 0.15) is 63.0 Å².